The average Bonchev–Trinajstić information content (AvgIpc) is 2.41. The molecule has 1 heterocycles. The second-order valence-corrected chi connectivity index (χ2v) is 7.32. The van der Waals surface area contributed by atoms with E-state index in [-0.39, 0.29) is 11.8 Å². The van der Waals surface area contributed by atoms with Crippen LogP contribution in [0.25, 0.3) is 5.57 Å². The van der Waals surface area contributed by atoms with Crippen LogP contribution >= 0.6 is 0 Å². The lowest BCUT2D eigenvalue weighted by Crippen LogP contribution is -2.30. The van der Waals surface area contributed by atoms with Gasteiger partial charge in [-0.15, -0.1) is 0 Å². The fourth-order valence-electron chi connectivity index (χ4n) is 2.12. The van der Waals surface area contributed by atoms with Crippen molar-refractivity contribution in [1.29, 1.82) is 0 Å². The van der Waals surface area contributed by atoms with E-state index < -0.39 is 9.84 Å². The first kappa shape index (κ1) is 15.4. The summed E-state index contributed by atoms with van der Waals surface area (Å²) in [6.07, 6.45) is 3.48. The van der Waals surface area contributed by atoms with Gasteiger partial charge in [0.2, 0.25) is 5.91 Å². The quantitative estimate of drug-likeness (QED) is 0.928. The molecule has 1 N–H and O–H groups in total. The van der Waals surface area contributed by atoms with Crippen molar-refractivity contribution in [2.45, 2.75) is 25.2 Å². The highest BCUT2D eigenvalue weighted by atomic mass is 32.2. The summed E-state index contributed by atoms with van der Waals surface area (Å²) in [6.45, 7) is 3.83. The van der Waals surface area contributed by atoms with Gasteiger partial charge in [-0.25, -0.2) is 13.8 Å². The molecule has 1 aliphatic rings. The number of rotatable bonds is 3. The van der Waals surface area contributed by atoms with E-state index in [1.54, 1.807) is 18.2 Å². The average molecular weight is 306 g/mol. The van der Waals surface area contributed by atoms with Crippen LogP contribution in [-0.4, -0.2) is 26.3 Å². The van der Waals surface area contributed by atoms with Crippen molar-refractivity contribution < 1.29 is 13.2 Å². The third-order valence-corrected chi connectivity index (χ3v) is 4.50. The van der Waals surface area contributed by atoms with Crippen molar-refractivity contribution >= 4 is 27.0 Å². The van der Waals surface area contributed by atoms with Crippen LogP contribution in [0.4, 0.5) is 0 Å². The minimum atomic E-state index is -3.22. The predicted molar refractivity (Wildman–Crippen MR) is 82.6 cm³/mol. The number of amides is 1. The SMILES string of the molecule is CC(=CC1=NNC(=O)CC1C)c1cccc(S(C)(=O)=O)c1. The normalized spacial score (nSPS) is 20.0. The van der Waals surface area contributed by atoms with Crippen LogP contribution < -0.4 is 5.43 Å². The summed E-state index contributed by atoms with van der Waals surface area (Å²) < 4.78 is 23.2. The smallest absolute Gasteiger partial charge is 0.240 e. The molecule has 0 aliphatic carbocycles. The number of hydrogen-bond donors (Lipinski definition) is 1. The van der Waals surface area contributed by atoms with Gasteiger partial charge in [0.25, 0.3) is 0 Å². The molecule has 0 aromatic heterocycles. The van der Waals surface area contributed by atoms with E-state index >= 15 is 0 Å². The number of hydrogen-bond acceptors (Lipinski definition) is 4. The highest BCUT2D eigenvalue weighted by Gasteiger charge is 2.18. The lowest BCUT2D eigenvalue weighted by molar-refractivity contribution is -0.121. The van der Waals surface area contributed by atoms with Gasteiger partial charge in [0, 0.05) is 18.6 Å². The molecule has 5 nitrogen and oxygen atoms in total. The van der Waals surface area contributed by atoms with Crippen LogP contribution in [0.3, 0.4) is 0 Å². The van der Waals surface area contributed by atoms with Gasteiger partial charge in [-0.2, -0.15) is 5.10 Å². The van der Waals surface area contributed by atoms with Gasteiger partial charge < -0.3 is 0 Å². The van der Waals surface area contributed by atoms with E-state index in [0.717, 1.165) is 16.8 Å². The summed E-state index contributed by atoms with van der Waals surface area (Å²) in [6, 6.07) is 6.80. The zero-order valence-corrected chi connectivity index (χ0v) is 13.1. The topological polar surface area (TPSA) is 75.6 Å². The molecule has 1 unspecified atom stereocenters. The molecule has 1 aliphatic heterocycles. The Balaban J connectivity index is 2.34. The number of nitrogens with one attached hydrogen (secondary N) is 1. The molecule has 0 saturated heterocycles. The van der Waals surface area contributed by atoms with Gasteiger partial charge in [0.1, 0.15) is 0 Å². The number of sulfone groups is 1. The molecule has 1 amide bonds. The van der Waals surface area contributed by atoms with Gasteiger partial charge in [0.05, 0.1) is 10.6 Å². The first-order chi connectivity index (χ1) is 9.77. The minimum Gasteiger partial charge on any atom is -0.273 e. The van der Waals surface area contributed by atoms with E-state index in [0.29, 0.717) is 11.3 Å². The van der Waals surface area contributed by atoms with Crippen LogP contribution in [0.5, 0.6) is 0 Å². The second-order valence-electron chi connectivity index (χ2n) is 5.30. The maximum Gasteiger partial charge on any atom is 0.240 e. The molecule has 0 fully saturated rings. The summed E-state index contributed by atoms with van der Waals surface area (Å²) in [5.74, 6) is -0.0387. The van der Waals surface area contributed by atoms with Gasteiger partial charge in [-0.1, -0.05) is 19.1 Å². The Bertz CT molecular complexity index is 733. The summed E-state index contributed by atoms with van der Waals surface area (Å²) in [5, 5.41) is 4.05. The van der Waals surface area contributed by atoms with E-state index in [2.05, 4.69) is 10.5 Å². The van der Waals surface area contributed by atoms with Crippen molar-refractivity contribution in [3.8, 4) is 0 Å². The number of carbonyl (C=O) groups is 1. The second kappa shape index (κ2) is 5.81. The Morgan fingerprint density at radius 1 is 1.43 bits per heavy atom. The largest absolute Gasteiger partial charge is 0.273 e. The maximum absolute atomic E-state index is 11.6. The highest BCUT2D eigenvalue weighted by molar-refractivity contribution is 7.90. The van der Waals surface area contributed by atoms with Crippen LogP contribution in [0, 0.1) is 5.92 Å². The fourth-order valence-corrected chi connectivity index (χ4v) is 2.78. The number of benzene rings is 1. The lowest BCUT2D eigenvalue weighted by Gasteiger charge is -2.17. The minimum absolute atomic E-state index is 0.0480. The first-order valence-corrected chi connectivity index (χ1v) is 8.51. The summed E-state index contributed by atoms with van der Waals surface area (Å²) in [4.78, 5) is 11.5. The van der Waals surface area contributed by atoms with Crippen molar-refractivity contribution in [1.82, 2.24) is 5.43 Å². The molecule has 0 spiro atoms. The Morgan fingerprint density at radius 2 is 2.14 bits per heavy atom. The van der Waals surface area contributed by atoms with E-state index in [9.17, 15) is 13.2 Å². The van der Waals surface area contributed by atoms with Gasteiger partial charge >= 0.3 is 0 Å². The van der Waals surface area contributed by atoms with Gasteiger partial charge in [-0.3, -0.25) is 4.79 Å². The number of carbonyl (C=O) groups excluding carboxylic acids is 1. The Morgan fingerprint density at radius 3 is 2.76 bits per heavy atom. The molecule has 6 heteroatoms. The Hall–Kier alpha value is -1.95. The molecule has 1 aromatic carbocycles. The standard InChI is InChI=1S/C15H18N2O3S/c1-10(7-14-11(2)8-15(18)17-16-14)12-5-4-6-13(9-12)21(3,19)20/h4-7,9,11H,8H2,1-3H3,(H,17,18). The summed E-state index contributed by atoms with van der Waals surface area (Å²) in [5.41, 5.74) is 4.98. The third-order valence-electron chi connectivity index (χ3n) is 3.39. The zero-order chi connectivity index (χ0) is 15.6. The first-order valence-electron chi connectivity index (χ1n) is 6.62. The van der Waals surface area contributed by atoms with Crippen LogP contribution in [-0.2, 0) is 14.6 Å². The van der Waals surface area contributed by atoms with E-state index in [1.165, 1.54) is 6.26 Å². The summed E-state index contributed by atoms with van der Waals surface area (Å²) in [7, 11) is -3.22. The Kier molecular flexibility index (Phi) is 4.27. The molecule has 21 heavy (non-hydrogen) atoms. The molecule has 2 rings (SSSR count). The number of nitrogens with zero attached hydrogens (tertiary/aromatic N) is 1. The van der Waals surface area contributed by atoms with Gasteiger partial charge in [0.15, 0.2) is 9.84 Å². The van der Waals surface area contributed by atoms with Crippen LogP contribution in [0.2, 0.25) is 0 Å². The molecule has 0 bridgehead atoms. The third kappa shape index (κ3) is 3.78. The molecular formula is C15H18N2O3S. The Labute approximate surface area is 124 Å². The van der Waals surface area contributed by atoms with Crippen molar-refractivity contribution in [3.63, 3.8) is 0 Å². The van der Waals surface area contributed by atoms with Gasteiger partial charge in [-0.05, 0) is 36.3 Å². The molecule has 0 saturated carbocycles. The molecule has 112 valence electrons. The van der Waals surface area contributed by atoms with Crippen molar-refractivity contribution in [2.75, 3.05) is 6.26 Å². The van der Waals surface area contributed by atoms with Crippen LogP contribution in [0.1, 0.15) is 25.8 Å². The fraction of sp³-hybridized carbons (Fsp3) is 0.333. The molecule has 1 aromatic rings. The molecular weight excluding hydrogens is 288 g/mol. The number of allylic oxidation sites excluding steroid dienone is 2. The monoisotopic (exact) mass is 306 g/mol. The molecule has 1 atom stereocenters. The molecule has 0 radical (unpaired) electrons. The lowest BCUT2D eigenvalue weighted by atomic mass is 9.96. The van der Waals surface area contributed by atoms with Crippen molar-refractivity contribution in [3.05, 3.63) is 35.9 Å². The summed E-state index contributed by atoms with van der Waals surface area (Å²) >= 11 is 0. The zero-order valence-electron chi connectivity index (χ0n) is 12.3. The van der Waals surface area contributed by atoms with E-state index in [4.69, 9.17) is 0 Å². The predicted octanol–water partition coefficient (Wildman–Crippen LogP) is 2.01. The number of hydrazone groups is 1. The highest BCUT2D eigenvalue weighted by Crippen LogP contribution is 2.20. The maximum atomic E-state index is 11.6. The van der Waals surface area contributed by atoms with E-state index in [1.807, 2.05) is 26.0 Å². The van der Waals surface area contributed by atoms with Crippen molar-refractivity contribution in [2.24, 2.45) is 11.0 Å². The van der Waals surface area contributed by atoms with Crippen LogP contribution in [0.15, 0.2) is 40.3 Å².